The highest BCUT2D eigenvalue weighted by atomic mass is 127. The Labute approximate surface area is 181 Å². The highest BCUT2D eigenvalue weighted by Gasteiger charge is 2.28. The molecule has 0 saturated heterocycles. The molecule has 3 N–H and O–H groups in total. The van der Waals surface area contributed by atoms with Crippen LogP contribution in [0.2, 0.25) is 0 Å². The summed E-state index contributed by atoms with van der Waals surface area (Å²) in [6, 6.07) is 4.64. The van der Waals surface area contributed by atoms with E-state index in [1.54, 1.807) is 33.0 Å². The average Bonchev–Trinajstić information content (AvgIpc) is 3.10. The minimum atomic E-state index is -1.12. The van der Waals surface area contributed by atoms with Crippen LogP contribution in [0.15, 0.2) is 23.0 Å². The van der Waals surface area contributed by atoms with Crippen molar-refractivity contribution in [2.24, 2.45) is 7.05 Å². The minimum absolute atomic E-state index is 0.110. The SMILES string of the molecule is Cn1c(Nc2ccc(I)cc2F)c(C(=O)NOCC(C)(C)O)c2c(c1=O)CCC2. The van der Waals surface area contributed by atoms with Crippen LogP contribution in [-0.2, 0) is 24.7 Å². The Bertz CT molecular complexity index is 1010. The molecule has 0 saturated carbocycles. The number of nitrogens with zero attached hydrogens (tertiary/aromatic N) is 1. The van der Waals surface area contributed by atoms with E-state index in [1.165, 1.54) is 10.6 Å². The van der Waals surface area contributed by atoms with Crippen molar-refractivity contribution in [2.45, 2.75) is 38.7 Å². The molecule has 1 heterocycles. The number of anilines is 2. The number of nitrogens with one attached hydrogen (secondary N) is 2. The van der Waals surface area contributed by atoms with Crippen LogP contribution in [-0.4, -0.2) is 27.8 Å². The van der Waals surface area contributed by atoms with Gasteiger partial charge < -0.3 is 10.4 Å². The van der Waals surface area contributed by atoms with Crippen LogP contribution in [0.4, 0.5) is 15.9 Å². The predicted octanol–water partition coefficient (Wildman–Crippen LogP) is 2.79. The fraction of sp³-hybridized carbons (Fsp3) is 0.400. The van der Waals surface area contributed by atoms with Gasteiger partial charge in [0.25, 0.3) is 11.5 Å². The highest BCUT2D eigenvalue weighted by Crippen LogP contribution is 2.30. The number of aliphatic hydroxyl groups is 1. The van der Waals surface area contributed by atoms with Crippen molar-refractivity contribution in [3.05, 3.63) is 54.6 Å². The van der Waals surface area contributed by atoms with Crippen LogP contribution in [0.3, 0.4) is 0 Å². The summed E-state index contributed by atoms with van der Waals surface area (Å²) in [5.74, 6) is -0.856. The largest absolute Gasteiger partial charge is 0.388 e. The number of carbonyl (C=O) groups excluding carboxylic acids is 1. The monoisotopic (exact) mass is 515 g/mol. The molecule has 29 heavy (non-hydrogen) atoms. The topological polar surface area (TPSA) is 92.6 Å². The van der Waals surface area contributed by atoms with Crippen LogP contribution in [0.1, 0.15) is 41.8 Å². The Hall–Kier alpha value is -1.98. The Morgan fingerprint density at radius 1 is 1.34 bits per heavy atom. The fourth-order valence-corrected chi connectivity index (χ4v) is 3.76. The van der Waals surface area contributed by atoms with Crippen LogP contribution in [0, 0.1) is 9.39 Å². The summed E-state index contributed by atoms with van der Waals surface area (Å²) >= 11 is 2.00. The molecule has 1 aliphatic carbocycles. The Morgan fingerprint density at radius 2 is 2.03 bits per heavy atom. The first kappa shape index (κ1) is 21.7. The molecular formula is C20H23FIN3O4. The lowest BCUT2D eigenvalue weighted by molar-refractivity contribution is -0.0522. The van der Waals surface area contributed by atoms with E-state index in [-0.39, 0.29) is 29.2 Å². The number of halogens is 2. The first-order chi connectivity index (χ1) is 13.6. The molecule has 0 radical (unpaired) electrons. The first-order valence-corrected chi connectivity index (χ1v) is 10.3. The van der Waals surface area contributed by atoms with E-state index in [2.05, 4.69) is 10.8 Å². The molecule has 156 valence electrons. The van der Waals surface area contributed by atoms with E-state index in [0.29, 0.717) is 24.0 Å². The van der Waals surface area contributed by atoms with Gasteiger partial charge in [0.1, 0.15) is 18.2 Å². The summed E-state index contributed by atoms with van der Waals surface area (Å²) in [5, 5.41) is 12.7. The molecule has 1 amide bonds. The van der Waals surface area contributed by atoms with Gasteiger partial charge in [0.05, 0.1) is 16.9 Å². The molecule has 7 nitrogen and oxygen atoms in total. The zero-order valence-corrected chi connectivity index (χ0v) is 18.6. The lowest BCUT2D eigenvalue weighted by atomic mass is 10.0. The van der Waals surface area contributed by atoms with E-state index >= 15 is 0 Å². The number of carbonyl (C=O) groups is 1. The number of hydrogen-bond donors (Lipinski definition) is 3. The third kappa shape index (κ3) is 4.78. The van der Waals surface area contributed by atoms with E-state index < -0.39 is 17.3 Å². The van der Waals surface area contributed by atoms with Gasteiger partial charge in [-0.25, -0.2) is 9.87 Å². The molecule has 2 aromatic rings. The van der Waals surface area contributed by atoms with Crippen molar-refractivity contribution in [1.82, 2.24) is 10.0 Å². The van der Waals surface area contributed by atoms with E-state index in [0.717, 1.165) is 9.99 Å². The Kier molecular flexibility index (Phi) is 6.30. The maximum atomic E-state index is 14.4. The molecule has 0 spiro atoms. The quantitative estimate of drug-likeness (QED) is 0.407. The van der Waals surface area contributed by atoms with Crippen molar-refractivity contribution in [3.63, 3.8) is 0 Å². The molecule has 0 aliphatic heterocycles. The van der Waals surface area contributed by atoms with Crippen molar-refractivity contribution >= 4 is 40.0 Å². The number of amides is 1. The third-order valence-corrected chi connectivity index (χ3v) is 5.33. The second-order valence-corrected chi connectivity index (χ2v) is 8.93. The summed E-state index contributed by atoms with van der Waals surface area (Å²) < 4.78 is 16.5. The smallest absolute Gasteiger partial charge is 0.278 e. The highest BCUT2D eigenvalue weighted by molar-refractivity contribution is 14.1. The number of pyridine rings is 1. The van der Waals surface area contributed by atoms with E-state index in [4.69, 9.17) is 4.84 Å². The first-order valence-electron chi connectivity index (χ1n) is 9.20. The van der Waals surface area contributed by atoms with Gasteiger partial charge in [0.2, 0.25) is 0 Å². The molecule has 3 rings (SSSR count). The molecular weight excluding hydrogens is 492 g/mol. The minimum Gasteiger partial charge on any atom is -0.388 e. The summed E-state index contributed by atoms with van der Waals surface area (Å²) in [7, 11) is 1.54. The predicted molar refractivity (Wildman–Crippen MR) is 116 cm³/mol. The number of hydroxylamine groups is 1. The van der Waals surface area contributed by atoms with Gasteiger partial charge in [-0.2, -0.15) is 0 Å². The second kappa shape index (κ2) is 8.41. The normalized spacial score (nSPS) is 13.3. The van der Waals surface area contributed by atoms with Gasteiger partial charge in [0.15, 0.2) is 0 Å². The maximum absolute atomic E-state index is 14.4. The molecule has 9 heteroatoms. The van der Waals surface area contributed by atoms with Crippen LogP contribution in [0.5, 0.6) is 0 Å². The molecule has 0 atom stereocenters. The summed E-state index contributed by atoms with van der Waals surface area (Å²) in [4.78, 5) is 30.8. The molecule has 1 aromatic heterocycles. The average molecular weight is 515 g/mol. The van der Waals surface area contributed by atoms with E-state index in [9.17, 15) is 19.1 Å². The molecule has 0 fully saturated rings. The third-order valence-electron chi connectivity index (χ3n) is 4.66. The van der Waals surface area contributed by atoms with E-state index in [1.807, 2.05) is 22.6 Å². The molecule has 0 bridgehead atoms. The summed E-state index contributed by atoms with van der Waals surface area (Å²) in [6.07, 6.45) is 1.92. The van der Waals surface area contributed by atoms with Crippen LogP contribution in [0.25, 0.3) is 0 Å². The second-order valence-electron chi connectivity index (χ2n) is 7.68. The maximum Gasteiger partial charge on any atom is 0.278 e. The van der Waals surface area contributed by atoms with Crippen LogP contribution >= 0.6 is 22.6 Å². The lowest BCUT2D eigenvalue weighted by Gasteiger charge is -2.21. The Balaban J connectivity index is 2.03. The van der Waals surface area contributed by atoms with Crippen LogP contribution < -0.4 is 16.4 Å². The van der Waals surface area contributed by atoms with Gasteiger partial charge in [-0.1, -0.05) is 0 Å². The fourth-order valence-electron chi connectivity index (χ4n) is 3.31. The van der Waals surface area contributed by atoms with Gasteiger partial charge >= 0.3 is 0 Å². The number of hydrogen-bond acceptors (Lipinski definition) is 5. The molecule has 1 aromatic carbocycles. The Morgan fingerprint density at radius 3 is 2.69 bits per heavy atom. The zero-order valence-electron chi connectivity index (χ0n) is 16.4. The number of benzene rings is 1. The van der Waals surface area contributed by atoms with Gasteiger partial charge in [-0.3, -0.25) is 19.0 Å². The van der Waals surface area contributed by atoms with Gasteiger partial charge in [0, 0.05) is 16.2 Å². The molecule has 1 aliphatic rings. The molecule has 0 unspecified atom stereocenters. The summed E-state index contributed by atoms with van der Waals surface area (Å²) in [5.41, 5.74) is 2.64. The number of aromatic nitrogens is 1. The zero-order chi connectivity index (χ0) is 21.3. The van der Waals surface area contributed by atoms with Crippen molar-refractivity contribution < 1.29 is 19.1 Å². The summed E-state index contributed by atoms with van der Waals surface area (Å²) in [6.45, 7) is 2.99. The lowest BCUT2D eigenvalue weighted by Crippen LogP contribution is -2.35. The van der Waals surface area contributed by atoms with Crippen molar-refractivity contribution in [2.75, 3.05) is 11.9 Å². The van der Waals surface area contributed by atoms with Gasteiger partial charge in [-0.15, -0.1) is 0 Å². The standard InChI is InChI=1S/C20H23FIN3O4/c1-20(2,28)10-29-24-18(26)16-12-5-4-6-13(12)19(27)25(3)17(16)23-15-8-7-11(22)9-14(15)21/h7-9,23,28H,4-6,10H2,1-3H3,(H,24,26). The number of fused-ring (bicyclic) bond motifs is 1. The number of rotatable bonds is 6. The van der Waals surface area contributed by atoms with Crippen molar-refractivity contribution in [1.29, 1.82) is 0 Å². The van der Waals surface area contributed by atoms with Gasteiger partial charge in [-0.05, 0) is 79.5 Å². The van der Waals surface area contributed by atoms with Crippen molar-refractivity contribution in [3.8, 4) is 0 Å².